The summed E-state index contributed by atoms with van der Waals surface area (Å²) < 4.78 is 0. The van der Waals surface area contributed by atoms with Crippen LogP contribution >= 0.6 is 0 Å². The van der Waals surface area contributed by atoms with Crippen molar-refractivity contribution < 1.29 is 4.79 Å². The lowest BCUT2D eigenvalue weighted by Crippen LogP contribution is -2.29. The maximum absolute atomic E-state index is 10.8. The monoisotopic (exact) mass is 226 g/mol. The van der Waals surface area contributed by atoms with Crippen LogP contribution in [-0.4, -0.2) is 18.7 Å². The number of fused-ring (bicyclic) bond motifs is 3. The molecule has 1 fully saturated rings. The minimum absolute atomic E-state index is 0.0432. The predicted octanol–water partition coefficient (Wildman–Crippen LogP) is 1.76. The van der Waals surface area contributed by atoms with Crippen LogP contribution in [0.3, 0.4) is 0 Å². The molecule has 0 saturated heterocycles. The van der Waals surface area contributed by atoms with E-state index in [9.17, 15) is 4.79 Å². The highest BCUT2D eigenvalue weighted by Gasteiger charge is 2.41. The summed E-state index contributed by atoms with van der Waals surface area (Å²) in [4.78, 5) is 14.9. The van der Waals surface area contributed by atoms with Gasteiger partial charge in [-0.3, -0.25) is 9.79 Å². The molecule has 3 aliphatic rings. The Kier molecular flexibility index (Phi) is 2.52. The van der Waals surface area contributed by atoms with E-state index in [2.05, 4.69) is 34.6 Å². The van der Waals surface area contributed by atoms with Crippen molar-refractivity contribution in [1.82, 2.24) is 5.32 Å². The van der Waals surface area contributed by atoms with Crippen LogP contribution < -0.4 is 5.32 Å². The third-order valence-electron chi connectivity index (χ3n) is 3.70. The Hall–Kier alpha value is -1.90. The number of amides is 1. The fraction of sp³-hybridized carbons (Fsp3) is 0.286. The number of hydrogen-bond donors (Lipinski definition) is 1. The van der Waals surface area contributed by atoms with Gasteiger partial charge in [-0.05, 0) is 29.6 Å². The van der Waals surface area contributed by atoms with Crippen LogP contribution in [0, 0.1) is 11.8 Å². The molecule has 3 heteroatoms. The number of carbonyl (C=O) groups is 1. The molecule has 1 aliphatic heterocycles. The van der Waals surface area contributed by atoms with E-state index in [1.54, 1.807) is 6.21 Å². The molecule has 1 N–H and O–H groups in total. The molecule has 1 heterocycles. The van der Waals surface area contributed by atoms with Crippen molar-refractivity contribution in [2.24, 2.45) is 16.8 Å². The Morgan fingerprint density at radius 2 is 2.29 bits per heavy atom. The van der Waals surface area contributed by atoms with E-state index in [4.69, 9.17) is 0 Å². The Bertz CT molecular complexity index is 482. The van der Waals surface area contributed by atoms with Crippen LogP contribution in [-0.2, 0) is 4.79 Å². The van der Waals surface area contributed by atoms with Gasteiger partial charge >= 0.3 is 0 Å². The van der Waals surface area contributed by atoms with Gasteiger partial charge in [0.25, 0.3) is 0 Å². The van der Waals surface area contributed by atoms with Crippen molar-refractivity contribution in [3.05, 3.63) is 47.7 Å². The second-order valence-electron chi connectivity index (χ2n) is 4.49. The second kappa shape index (κ2) is 4.17. The zero-order valence-corrected chi connectivity index (χ0v) is 9.41. The molecular weight excluding hydrogens is 212 g/mol. The zero-order chi connectivity index (χ0) is 11.7. The highest BCUT2D eigenvalue weighted by Crippen LogP contribution is 2.45. The van der Waals surface area contributed by atoms with Gasteiger partial charge in [0, 0.05) is 18.3 Å². The molecule has 0 aromatic heterocycles. The van der Waals surface area contributed by atoms with Crippen molar-refractivity contribution >= 4 is 12.6 Å². The lowest BCUT2D eigenvalue weighted by atomic mass is 9.86. The van der Waals surface area contributed by atoms with Gasteiger partial charge in [0.1, 0.15) is 0 Å². The minimum Gasteiger partial charge on any atom is -0.348 e. The zero-order valence-electron chi connectivity index (χ0n) is 9.41. The van der Waals surface area contributed by atoms with Gasteiger partial charge in [0.05, 0.1) is 6.04 Å². The standard InChI is InChI=1S/C14H14N2O/c17-9-16-14-12-4-2-1-3-10(12)11-5-7-15-8-6-13(11)14/h1-2,4-11,14H,3H2,(H,16,17)/t10-,11-,14?/m1/s1. The van der Waals surface area contributed by atoms with Crippen LogP contribution in [0.25, 0.3) is 0 Å². The fourth-order valence-corrected chi connectivity index (χ4v) is 2.98. The van der Waals surface area contributed by atoms with Gasteiger partial charge in [0.15, 0.2) is 0 Å². The maximum atomic E-state index is 10.8. The smallest absolute Gasteiger partial charge is 0.207 e. The average Bonchev–Trinajstić information content (AvgIpc) is 2.55. The molecule has 0 spiro atoms. The number of nitrogens with one attached hydrogen (secondary N) is 1. The van der Waals surface area contributed by atoms with Crippen molar-refractivity contribution in [3.8, 4) is 0 Å². The van der Waals surface area contributed by atoms with E-state index >= 15 is 0 Å². The molecule has 2 aliphatic carbocycles. The van der Waals surface area contributed by atoms with E-state index in [1.807, 2.05) is 12.3 Å². The summed E-state index contributed by atoms with van der Waals surface area (Å²) >= 11 is 0. The first-order valence-corrected chi connectivity index (χ1v) is 5.88. The van der Waals surface area contributed by atoms with Crippen LogP contribution in [0.5, 0.6) is 0 Å². The molecule has 0 radical (unpaired) electrons. The summed E-state index contributed by atoms with van der Waals surface area (Å²) in [7, 11) is 0. The van der Waals surface area contributed by atoms with E-state index in [0.29, 0.717) is 11.8 Å². The van der Waals surface area contributed by atoms with E-state index in [1.165, 1.54) is 11.1 Å². The fourth-order valence-electron chi connectivity index (χ4n) is 2.98. The SMILES string of the molecule is O=CNC1C2=CC=NC=C[C@@H]2[C@H]2CC=CC=C12. The molecule has 86 valence electrons. The Balaban J connectivity index is 2.06. The van der Waals surface area contributed by atoms with E-state index < -0.39 is 0 Å². The minimum atomic E-state index is 0.0432. The van der Waals surface area contributed by atoms with Gasteiger partial charge in [0.2, 0.25) is 6.41 Å². The van der Waals surface area contributed by atoms with Gasteiger partial charge < -0.3 is 5.32 Å². The Labute approximate surface area is 100 Å². The summed E-state index contributed by atoms with van der Waals surface area (Å²) in [6.07, 6.45) is 16.1. The first kappa shape index (κ1) is 10.3. The average molecular weight is 226 g/mol. The molecule has 0 aromatic carbocycles. The van der Waals surface area contributed by atoms with Crippen molar-refractivity contribution in [1.29, 1.82) is 0 Å². The number of allylic oxidation sites excluding steroid dienone is 5. The number of nitrogens with zero attached hydrogens (tertiary/aromatic N) is 1. The second-order valence-corrected chi connectivity index (χ2v) is 4.49. The lowest BCUT2D eigenvalue weighted by molar-refractivity contribution is -0.109. The van der Waals surface area contributed by atoms with Crippen LogP contribution in [0.2, 0.25) is 0 Å². The highest BCUT2D eigenvalue weighted by molar-refractivity contribution is 5.75. The number of carbonyl (C=O) groups excluding carboxylic acids is 1. The van der Waals surface area contributed by atoms with Gasteiger partial charge in [-0.25, -0.2) is 0 Å². The van der Waals surface area contributed by atoms with Crippen molar-refractivity contribution in [3.63, 3.8) is 0 Å². The molecular formula is C14H14N2O. The van der Waals surface area contributed by atoms with Gasteiger partial charge in [-0.1, -0.05) is 24.3 Å². The molecule has 0 bridgehead atoms. The summed E-state index contributed by atoms with van der Waals surface area (Å²) in [6, 6.07) is 0.0432. The summed E-state index contributed by atoms with van der Waals surface area (Å²) in [6.45, 7) is 0. The van der Waals surface area contributed by atoms with E-state index in [0.717, 1.165) is 12.8 Å². The Morgan fingerprint density at radius 3 is 3.18 bits per heavy atom. The Morgan fingerprint density at radius 1 is 1.35 bits per heavy atom. The molecule has 0 aromatic rings. The molecule has 1 unspecified atom stereocenters. The number of aliphatic imine (C=N–C) groups is 1. The summed E-state index contributed by atoms with van der Waals surface area (Å²) in [5, 5.41) is 2.92. The van der Waals surface area contributed by atoms with Gasteiger partial charge in [-0.15, -0.1) is 0 Å². The number of hydrogen-bond acceptors (Lipinski definition) is 2. The van der Waals surface area contributed by atoms with Crippen LogP contribution in [0.4, 0.5) is 0 Å². The van der Waals surface area contributed by atoms with Crippen molar-refractivity contribution in [2.45, 2.75) is 12.5 Å². The lowest BCUT2D eigenvalue weighted by Gasteiger charge is -2.18. The predicted molar refractivity (Wildman–Crippen MR) is 67.5 cm³/mol. The normalized spacial score (nSPS) is 33.3. The first-order valence-electron chi connectivity index (χ1n) is 5.88. The van der Waals surface area contributed by atoms with E-state index in [-0.39, 0.29) is 6.04 Å². The summed E-state index contributed by atoms with van der Waals surface area (Å²) in [5.74, 6) is 0.841. The van der Waals surface area contributed by atoms with Crippen LogP contribution in [0.1, 0.15) is 6.42 Å². The maximum Gasteiger partial charge on any atom is 0.207 e. The molecule has 3 nitrogen and oxygen atoms in total. The first-order chi connectivity index (χ1) is 8.42. The largest absolute Gasteiger partial charge is 0.348 e. The molecule has 3 atom stereocenters. The molecule has 17 heavy (non-hydrogen) atoms. The third-order valence-corrected chi connectivity index (χ3v) is 3.70. The highest BCUT2D eigenvalue weighted by atomic mass is 16.1. The third kappa shape index (κ3) is 1.58. The number of rotatable bonds is 2. The molecule has 1 amide bonds. The molecule has 1 saturated carbocycles. The molecule has 3 rings (SSSR count). The quantitative estimate of drug-likeness (QED) is 0.716. The summed E-state index contributed by atoms with van der Waals surface area (Å²) in [5.41, 5.74) is 2.56. The van der Waals surface area contributed by atoms with Crippen molar-refractivity contribution in [2.75, 3.05) is 0 Å². The topological polar surface area (TPSA) is 41.5 Å². The van der Waals surface area contributed by atoms with Crippen LogP contribution in [0.15, 0.2) is 52.7 Å². The van der Waals surface area contributed by atoms with Gasteiger partial charge in [-0.2, -0.15) is 0 Å².